The van der Waals surface area contributed by atoms with Crippen LogP contribution in [0.4, 0.5) is 5.69 Å². The van der Waals surface area contributed by atoms with Gasteiger partial charge in [0.25, 0.3) is 5.91 Å². The van der Waals surface area contributed by atoms with Crippen LogP contribution in [0.25, 0.3) is 0 Å². The van der Waals surface area contributed by atoms with E-state index in [1.54, 1.807) is 24.3 Å². The molecule has 0 heterocycles. The lowest BCUT2D eigenvalue weighted by atomic mass is 10.2. The minimum absolute atomic E-state index is 0.0531. The average Bonchev–Trinajstić information content (AvgIpc) is 2.27. The molecule has 4 N–H and O–H groups in total. The number of nitrogens with two attached hydrogens (primary N) is 1. The summed E-state index contributed by atoms with van der Waals surface area (Å²) in [6.07, 6.45) is 0.532. The summed E-state index contributed by atoms with van der Waals surface area (Å²) in [5, 5.41) is 11.4. The molecule has 0 spiro atoms. The largest absolute Gasteiger partial charge is 0.484 e. The summed E-state index contributed by atoms with van der Waals surface area (Å²) in [6.45, 7) is 1.82. The Morgan fingerprint density at radius 1 is 1.59 bits per heavy atom. The van der Waals surface area contributed by atoms with Crippen molar-refractivity contribution >= 4 is 11.6 Å². The molecule has 1 amide bonds. The van der Waals surface area contributed by atoms with Gasteiger partial charge in [-0.15, -0.1) is 0 Å². The first-order valence-corrected chi connectivity index (χ1v) is 5.50. The van der Waals surface area contributed by atoms with Crippen LogP contribution in [0.1, 0.15) is 13.3 Å². The minimum atomic E-state index is -0.214. The molecule has 0 saturated heterocycles. The Bertz CT molecular complexity index is 369. The lowest BCUT2D eigenvalue weighted by Gasteiger charge is -2.13. The highest BCUT2D eigenvalue weighted by Crippen LogP contribution is 2.13. The van der Waals surface area contributed by atoms with Crippen molar-refractivity contribution in [1.29, 1.82) is 0 Å². The maximum Gasteiger partial charge on any atom is 0.258 e. The molecule has 1 aromatic rings. The third kappa shape index (κ3) is 5.21. The highest BCUT2D eigenvalue weighted by Gasteiger charge is 2.07. The summed E-state index contributed by atoms with van der Waals surface area (Å²) in [7, 11) is 0. The number of amides is 1. The average molecular weight is 238 g/mol. The number of benzene rings is 1. The number of ether oxygens (including phenoxy) is 1. The number of aliphatic hydroxyl groups excluding tert-OH is 1. The Kier molecular flexibility index (Phi) is 5.29. The zero-order chi connectivity index (χ0) is 12.7. The molecule has 0 saturated carbocycles. The number of aliphatic hydroxyl groups is 1. The molecule has 0 fully saturated rings. The van der Waals surface area contributed by atoms with E-state index in [2.05, 4.69) is 5.32 Å². The molecule has 0 bridgehead atoms. The number of nitrogen functional groups attached to an aromatic ring is 1. The van der Waals surface area contributed by atoms with Crippen molar-refractivity contribution in [2.24, 2.45) is 0 Å². The van der Waals surface area contributed by atoms with Crippen LogP contribution in [-0.4, -0.2) is 30.3 Å². The van der Waals surface area contributed by atoms with E-state index in [1.165, 1.54) is 0 Å². The number of rotatable bonds is 6. The van der Waals surface area contributed by atoms with Gasteiger partial charge in [0.1, 0.15) is 5.75 Å². The van der Waals surface area contributed by atoms with Crippen LogP contribution in [0, 0.1) is 0 Å². The second kappa shape index (κ2) is 6.75. The predicted octanol–water partition coefficient (Wildman–Crippen LogP) is 0.535. The summed E-state index contributed by atoms with van der Waals surface area (Å²) >= 11 is 0. The second-order valence-electron chi connectivity index (χ2n) is 3.84. The quantitative estimate of drug-likeness (QED) is 0.631. The van der Waals surface area contributed by atoms with E-state index >= 15 is 0 Å². The molecule has 5 heteroatoms. The molecular weight excluding hydrogens is 220 g/mol. The minimum Gasteiger partial charge on any atom is -0.484 e. The molecular formula is C12H18N2O3. The van der Waals surface area contributed by atoms with Crippen molar-refractivity contribution < 1.29 is 14.6 Å². The fourth-order valence-electron chi connectivity index (χ4n) is 1.34. The van der Waals surface area contributed by atoms with Gasteiger partial charge in [0.2, 0.25) is 0 Å². The van der Waals surface area contributed by atoms with Crippen LogP contribution in [0.5, 0.6) is 5.75 Å². The first-order chi connectivity index (χ1) is 8.11. The molecule has 94 valence electrons. The molecule has 17 heavy (non-hydrogen) atoms. The lowest BCUT2D eigenvalue weighted by Crippen LogP contribution is -2.36. The number of carbonyl (C=O) groups excluding carboxylic acids is 1. The van der Waals surface area contributed by atoms with Gasteiger partial charge < -0.3 is 20.9 Å². The molecule has 1 unspecified atom stereocenters. The van der Waals surface area contributed by atoms with Gasteiger partial charge in [0, 0.05) is 24.4 Å². The van der Waals surface area contributed by atoms with E-state index < -0.39 is 0 Å². The number of hydrogen-bond acceptors (Lipinski definition) is 4. The molecule has 0 radical (unpaired) electrons. The first-order valence-electron chi connectivity index (χ1n) is 5.50. The standard InChI is InChI=1S/C12H18N2O3/c1-9(5-6-15)14-12(16)8-17-11-4-2-3-10(13)7-11/h2-4,7,9,15H,5-6,8,13H2,1H3,(H,14,16). The van der Waals surface area contributed by atoms with Crippen molar-refractivity contribution in [3.8, 4) is 5.75 Å². The summed E-state index contributed by atoms with van der Waals surface area (Å²) in [6, 6.07) is 6.84. The monoisotopic (exact) mass is 238 g/mol. The maximum absolute atomic E-state index is 11.4. The van der Waals surface area contributed by atoms with Crippen LogP contribution in [0.3, 0.4) is 0 Å². The third-order valence-corrected chi connectivity index (χ3v) is 2.20. The summed E-state index contributed by atoms with van der Waals surface area (Å²) < 4.78 is 5.27. The van der Waals surface area contributed by atoms with Crippen molar-refractivity contribution in [3.63, 3.8) is 0 Å². The fourth-order valence-corrected chi connectivity index (χ4v) is 1.34. The molecule has 1 aromatic carbocycles. The molecule has 5 nitrogen and oxygen atoms in total. The molecule has 0 aliphatic carbocycles. The second-order valence-corrected chi connectivity index (χ2v) is 3.84. The van der Waals surface area contributed by atoms with E-state index in [0.29, 0.717) is 17.9 Å². The third-order valence-electron chi connectivity index (χ3n) is 2.20. The topological polar surface area (TPSA) is 84.6 Å². The number of anilines is 1. The van der Waals surface area contributed by atoms with E-state index in [-0.39, 0.29) is 25.2 Å². The smallest absolute Gasteiger partial charge is 0.258 e. The molecule has 1 rings (SSSR count). The summed E-state index contributed by atoms with van der Waals surface area (Å²) in [5.41, 5.74) is 6.17. The zero-order valence-corrected chi connectivity index (χ0v) is 9.85. The van der Waals surface area contributed by atoms with Crippen LogP contribution >= 0.6 is 0 Å². The van der Waals surface area contributed by atoms with Crippen molar-refractivity contribution in [2.45, 2.75) is 19.4 Å². The molecule has 0 aromatic heterocycles. The first kappa shape index (κ1) is 13.3. The van der Waals surface area contributed by atoms with Gasteiger partial charge in [-0.3, -0.25) is 4.79 Å². The van der Waals surface area contributed by atoms with Gasteiger partial charge in [0.15, 0.2) is 6.61 Å². The van der Waals surface area contributed by atoms with E-state index in [0.717, 1.165) is 0 Å². The van der Waals surface area contributed by atoms with Crippen molar-refractivity contribution in [2.75, 3.05) is 18.9 Å². The van der Waals surface area contributed by atoms with Crippen molar-refractivity contribution in [3.05, 3.63) is 24.3 Å². The van der Waals surface area contributed by atoms with Crippen LogP contribution in [0.2, 0.25) is 0 Å². The summed E-state index contributed by atoms with van der Waals surface area (Å²) in [4.78, 5) is 11.4. The lowest BCUT2D eigenvalue weighted by molar-refractivity contribution is -0.123. The van der Waals surface area contributed by atoms with E-state index in [1.807, 2.05) is 6.92 Å². The highest BCUT2D eigenvalue weighted by molar-refractivity contribution is 5.77. The van der Waals surface area contributed by atoms with E-state index in [4.69, 9.17) is 15.6 Å². The maximum atomic E-state index is 11.4. The van der Waals surface area contributed by atoms with Crippen LogP contribution in [-0.2, 0) is 4.79 Å². The number of carbonyl (C=O) groups is 1. The Labute approximate surface area is 101 Å². The Balaban J connectivity index is 2.33. The Hall–Kier alpha value is -1.75. The fraction of sp³-hybridized carbons (Fsp3) is 0.417. The van der Waals surface area contributed by atoms with Gasteiger partial charge in [0.05, 0.1) is 0 Å². The number of hydrogen-bond donors (Lipinski definition) is 3. The van der Waals surface area contributed by atoms with Crippen molar-refractivity contribution in [1.82, 2.24) is 5.32 Å². The molecule has 0 aliphatic heterocycles. The number of nitrogens with one attached hydrogen (secondary N) is 1. The summed E-state index contributed by atoms with van der Waals surface area (Å²) in [5.74, 6) is 0.350. The van der Waals surface area contributed by atoms with Gasteiger partial charge >= 0.3 is 0 Å². The molecule has 1 atom stereocenters. The molecule has 0 aliphatic rings. The SMILES string of the molecule is CC(CCO)NC(=O)COc1cccc(N)c1. The normalized spacial score (nSPS) is 11.9. The van der Waals surface area contributed by atoms with Gasteiger partial charge in [-0.2, -0.15) is 0 Å². The van der Waals surface area contributed by atoms with Gasteiger partial charge in [-0.25, -0.2) is 0 Å². The van der Waals surface area contributed by atoms with Gasteiger partial charge in [-0.1, -0.05) is 6.07 Å². The van der Waals surface area contributed by atoms with Crippen LogP contribution in [0.15, 0.2) is 24.3 Å². The van der Waals surface area contributed by atoms with Gasteiger partial charge in [-0.05, 0) is 25.5 Å². The predicted molar refractivity (Wildman–Crippen MR) is 65.7 cm³/mol. The van der Waals surface area contributed by atoms with E-state index in [9.17, 15) is 4.79 Å². The Morgan fingerprint density at radius 2 is 2.35 bits per heavy atom. The van der Waals surface area contributed by atoms with Crippen LogP contribution < -0.4 is 15.8 Å². The highest BCUT2D eigenvalue weighted by atomic mass is 16.5. The zero-order valence-electron chi connectivity index (χ0n) is 9.85. The Morgan fingerprint density at radius 3 is 3.00 bits per heavy atom.